The molecule has 0 aliphatic heterocycles. The minimum atomic E-state index is -0.710. The number of benzene rings is 1. The second kappa shape index (κ2) is 8.36. The predicted octanol–water partition coefficient (Wildman–Crippen LogP) is 2.99. The summed E-state index contributed by atoms with van der Waals surface area (Å²) in [4.78, 5) is 22.7. The highest BCUT2D eigenvalue weighted by molar-refractivity contribution is 5.75. The van der Waals surface area contributed by atoms with Crippen LogP contribution in [-0.4, -0.2) is 31.9 Å². The summed E-state index contributed by atoms with van der Waals surface area (Å²) in [5.41, 5.74) is 0.950. The van der Waals surface area contributed by atoms with Crippen LogP contribution in [0.2, 0.25) is 0 Å². The minimum absolute atomic E-state index is 0.110. The average molecular weight is 295 g/mol. The summed E-state index contributed by atoms with van der Waals surface area (Å²) >= 11 is 0. The maximum atomic E-state index is 11.9. The number of esters is 1. The molecule has 0 aromatic heterocycles. The van der Waals surface area contributed by atoms with E-state index in [2.05, 4.69) is 5.18 Å². The van der Waals surface area contributed by atoms with Crippen molar-refractivity contribution in [2.45, 2.75) is 39.4 Å². The third-order valence-electron chi connectivity index (χ3n) is 2.75. The Labute approximate surface area is 124 Å². The van der Waals surface area contributed by atoms with Crippen molar-refractivity contribution >= 4 is 11.7 Å². The van der Waals surface area contributed by atoms with Gasteiger partial charge in [0, 0.05) is 6.42 Å². The van der Waals surface area contributed by atoms with E-state index in [1.807, 2.05) is 13.8 Å². The van der Waals surface area contributed by atoms with E-state index < -0.39 is 12.1 Å². The zero-order valence-corrected chi connectivity index (χ0v) is 12.8. The van der Waals surface area contributed by atoms with Crippen LogP contribution in [0.5, 0.6) is 5.75 Å². The third kappa shape index (κ3) is 5.15. The van der Waals surface area contributed by atoms with Gasteiger partial charge in [0.1, 0.15) is 11.4 Å². The number of nitrogens with zero attached hydrogens (tertiary/aromatic N) is 1. The number of ether oxygens (including phenoxy) is 3. The molecule has 1 unspecified atom stereocenters. The van der Waals surface area contributed by atoms with E-state index in [1.165, 1.54) is 7.11 Å². The molecule has 116 valence electrons. The largest absolute Gasteiger partial charge is 0.494 e. The van der Waals surface area contributed by atoms with E-state index in [1.54, 1.807) is 25.1 Å². The predicted molar refractivity (Wildman–Crippen MR) is 78.8 cm³/mol. The molecule has 0 saturated carbocycles. The van der Waals surface area contributed by atoms with E-state index in [0.717, 1.165) is 5.56 Å². The first-order valence-corrected chi connectivity index (χ1v) is 6.84. The van der Waals surface area contributed by atoms with Gasteiger partial charge in [0.2, 0.25) is 0 Å². The molecule has 0 heterocycles. The molecule has 6 nitrogen and oxygen atoms in total. The summed E-state index contributed by atoms with van der Waals surface area (Å²) in [5.74, 6) is -0.0196. The molecule has 0 amide bonds. The number of methoxy groups -OCH3 is 1. The lowest BCUT2D eigenvalue weighted by atomic mass is 10.1. The molecule has 0 saturated heterocycles. The van der Waals surface area contributed by atoms with Gasteiger partial charge >= 0.3 is 5.97 Å². The Morgan fingerprint density at radius 3 is 2.57 bits per heavy atom. The van der Waals surface area contributed by atoms with Gasteiger partial charge in [0.25, 0.3) is 0 Å². The first kappa shape index (κ1) is 17.1. The Morgan fingerprint density at radius 2 is 2.05 bits per heavy atom. The minimum Gasteiger partial charge on any atom is -0.494 e. The van der Waals surface area contributed by atoms with Crippen LogP contribution in [0.3, 0.4) is 0 Å². The molecule has 0 radical (unpaired) electrons. The lowest BCUT2D eigenvalue weighted by Gasteiger charge is -2.19. The average Bonchev–Trinajstić information content (AvgIpc) is 2.46. The quantitative estimate of drug-likeness (QED) is 0.544. The topological polar surface area (TPSA) is 74.2 Å². The van der Waals surface area contributed by atoms with E-state index in [-0.39, 0.29) is 11.8 Å². The second-order valence-corrected chi connectivity index (χ2v) is 4.73. The summed E-state index contributed by atoms with van der Waals surface area (Å²) in [6, 6.07) is 4.99. The van der Waals surface area contributed by atoms with Crippen LogP contribution in [0, 0.1) is 4.91 Å². The van der Waals surface area contributed by atoms with Crippen LogP contribution in [0.1, 0.15) is 26.3 Å². The van der Waals surface area contributed by atoms with Gasteiger partial charge in [-0.1, -0.05) is 6.07 Å². The van der Waals surface area contributed by atoms with Crippen molar-refractivity contribution in [3.63, 3.8) is 0 Å². The molecule has 0 aliphatic carbocycles. The molecule has 1 aromatic carbocycles. The van der Waals surface area contributed by atoms with Crippen molar-refractivity contribution in [1.29, 1.82) is 0 Å². The number of hydrogen-bond donors (Lipinski definition) is 0. The first-order valence-electron chi connectivity index (χ1n) is 6.84. The summed E-state index contributed by atoms with van der Waals surface area (Å²) in [5, 5.41) is 2.92. The lowest BCUT2D eigenvalue weighted by molar-refractivity contribution is -0.159. The van der Waals surface area contributed by atoms with Gasteiger partial charge in [0.15, 0.2) is 6.10 Å². The van der Waals surface area contributed by atoms with Crippen molar-refractivity contribution < 1.29 is 19.0 Å². The Hall–Kier alpha value is -1.95. The molecule has 21 heavy (non-hydrogen) atoms. The van der Waals surface area contributed by atoms with Gasteiger partial charge in [-0.15, -0.1) is 4.91 Å². The normalized spacial score (nSPS) is 12.0. The van der Waals surface area contributed by atoms with E-state index >= 15 is 0 Å². The number of rotatable bonds is 8. The molecular weight excluding hydrogens is 274 g/mol. The fourth-order valence-electron chi connectivity index (χ4n) is 1.90. The second-order valence-electron chi connectivity index (χ2n) is 4.73. The summed E-state index contributed by atoms with van der Waals surface area (Å²) in [6.07, 6.45) is -0.511. The molecule has 1 atom stereocenters. The Balaban J connectivity index is 2.92. The highest BCUT2D eigenvalue weighted by Gasteiger charge is 2.23. The molecule has 0 bridgehead atoms. The number of carbonyl (C=O) groups excluding carboxylic acids is 1. The zero-order chi connectivity index (χ0) is 15.8. The van der Waals surface area contributed by atoms with E-state index in [4.69, 9.17) is 14.2 Å². The van der Waals surface area contributed by atoms with Crippen molar-refractivity contribution in [2.75, 3.05) is 13.7 Å². The summed E-state index contributed by atoms with van der Waals surface area (Å²) in [7, 11) is 1.47. The highest BCUT2D eigenvalue weighted by Crippen LogP contribution is 2.28. The van der Waals surface area contributed by atoms with Crippen molar-refractivity contribution in [3.8, 4) is 5.75 Å². The van der Waals surface area contributed by atoms with E-state index in [9.17, 15) is 9.70 Å². The molecule has 0 spiro atoms. The fourth-order valence-corrected chi connectivity index (χ4v) is 1.90. The van der Waals surface area contributed by atoms with Crippen molar-refractivity contribution in [3.05, 3.63) is 28.7 Å². The van der Waals surface area contributed by atoms with Crippen molar-refractivity contribution in [1.82, 2.24) is 0 Å². The third-order valence-corrected chi connectivity index (χ3v) is 2.75. The van der Waals surface area contributed by atoms with Gasteiger partial charge in [-0.3, -0.25) is 0 Å². The van der Waals surface area contributed by atoms with Crippen LogP contribution in [0.4, 0.5) is 5.69 Å². The Morgan fingerprint density at radius 1 is 1.33 bits per heavy atom. The van der Waals surface area contributed by atoms with Crippen LogP contribution < -0.4 is 4.74 Å². The van der Waals surface area contributed by atoms with Crippen LogP contribution in [0.15, 0.2) is 23.4 Å². The zero-order valence-electron chi connectivity index (χ0n) is 12.8. The number of hydrogen-bond acceptors (Lipinski definition) is 6. The van der Waals surface area contributed by atoms with Gasteiger partial charge in [-0.05, 0) is 43.6 Å². The molecule has 0 N–H and O–H groups in total. The van der Waals surface area contributed by atoms with Crippen molar-refractivity contribution in [2.24, 2.45) is 5.18 Å². The maximum absolute atomic E-state index is 11.9. The smallest absolute Gasteiger partial charge is 0.335 e. The molecule has 6 heteroatoms. The summed E-state index contributed by atoms with van der Waals surface area (Å²) < 4.78 is 15.6. The van der Waals surface area contributed by atoms with Gasteiger partial charge in [0.05, 0.1) is 19.8 Å². The number of carbonyl (C=O) groups is 1. The number of nitroso groups, excluding NO2 is 1. The lowest BCUT2D eigenvalue weighted by Crippen LogP contribution is -2.31. The van der Waals surface area contributed by atoms with Crippen LogP contribution >= 0.6 is 0 Å². The molecule has 1 rings (SSSR count). The van der Waals surface area contributed by atoms with Gasteiger partial charge < -0.3 is 14.2 Å². The Bertz CT molecular complexity index is 487. The molecular formula is C15H21NO5. The first-order chi connectivity index (χ1) is 10.0. The van der Waals surface area contributed by atoms with E-state index in [0.29, 0.717) is 18.8 Å². The van der Waals surface area contributed by atoms with Crippen LogP contribution in [-0.2, 0) is 20.7 Å². The fraction of sp³-hybridized carbons (Fsp3) is 0.533. The molecule has 1 aromatic rings. The molecule has 0 fully saturated rings. The van der Waals surface area contributed by atoms with Gasteiger partial charge in [-0.2, -0.15) is 0 Å². The maximum Gasteiger partial charge on any atom is 0.335 e. The standard InChI is InChI=1S/C15H21NO5/c1-5-20-15(17)14(21-10(2)3)9-11-6-7-13(19-4)12(8-11)16-18/h6-8,10,14H,5,9H2,1-4H3. The van der Waals surface area contributed by atoms with Gasteiger partial charge in [-0.25, -0.2) is 4.79 Å². The summed E-state index contributed by atoms with van der Waals surface area (Å²) in [6.45, 7) is 5.73. The van der Waals surface area contributed by atoms with Crippen LogP contribution in [0.25, 0.3) is 0 Å². The highest BCUT2D eigenvalue weighted by atomic mass is 16.6. The SMILES string of the molecule is CCOC(=O)C(Cc1ccc(OC)c(N=O)c1)OC(C)C. The molecule has 0 aliphatic rings. The monoisotopic (exact) mass is 295 g/mol. The Kier molecular flexibility index (Phi) is 6.81.